The molecule has 0 aromatic heterocycles. The van der Waals surface area contributed by atoms with Gasteiger partial charge in [-0.3, -0.25) is 9.69 Å². The van der Waals surface area contributed by atoms with Crippen molar-refractivity contribution < 1.29 is 14.3 Å². The van der Waals surface area contributed by atoms with Crippen LogP contribution in [0.1, 0.15) is 24.0 Å². The van der Waals surface area contributed by atoms with Gasteiger partial charge in [-0.25, -0.2) is 4.79 Å². The largest absolute Gasteiger partial charge is 0.467 e. The van der Waals surface area contributed by atoms with E-state index in [4.69, 9.17) is 4.74 Å². The molecular formula is C14H17NO3. The van der Waals surface area contributed by atoms with Crippen LogP contribution in [0.15, 0.2) is 18.2 Å². The summed E-state index contributed by atoms with van der Waals surface area (Å²) in [6, 6.07) is 5.30. The molecule has 1 atom stereocenters. The number of carbonyl (C=O) groups excluding carboxylic acids is 2. The van der Waals surface area contributed by atoms with Crippen molar-refractivity contribution in [2.45, 2.75) is 32.7 Å². The minimum Gasteiger partial charge on any atom is -0.467 e. The summed E-state index contributed by atoms with van der Waals surface area (Å²) >= 11 is 0. The molecule has 4 nitrogen and oxygen atoms in total. The first-order valence-corrected chi connectivity index (χ1v) is 6.01. The molecule has 0 spiro atoms. The van der Waals surface area contributed by atoms with Gasteiger partial charge in [0.2, 0.25) is 5.91 Å². The van der Waals surface area contributed by atoms with Crippen LogP contribution in [-0.2, 0) is 14.3 Å². The van der Waals surface area contributed by atoms with E-state index in [-0.39, 0.29) is 11.9 Å². The molecule has 1 aliphatic rings. The molecule has 1 unspecified atom stereocenters. The van der Waals surface area contributed by atoms with Gasteiger partial charge >= 0.3 is 5.97 Å². The summed E-state index contributed by atoms with van der Waals surface area (Å²) in [4.78, 5) is 25.2. The fraction of sp³-hybridized carbons (Fsp3) is 0.429. The summed E-state index contributed by atoms with van der Waals surface area (Å²) in [6.07, 6.45) is 0.922. The molecule has 0 N–H and O–H groups in total. The summed E-state index contributed by atoms with van der Waals surface area (Å²) < 4.78 is 4.76. The van der Waals surface area contributed by atoms with Crippen LogP contribution in [0.25, 0.3) is 0 Å². The first-order valence-electron chi connectivity index (χ1n) is 6.01. The Balaban J connectivity index is 2.36. The molecule has 1 fully saturated rings. The van der Waals surface area contributed by atoms with Gasteiger partial charge in [0.1, 0.15) is 6.04 Å². The first kappa shape index (κ1) is 12.6. The Morgan fingerprint density at radius 3 is 2.67 bits per heavy atom. The topological polar surface area (TPSA) is 46.6 Å². The van der Waals surface area contributed by atoms with Crippen LogP contribution in [0.4, 0.5) is 5.69 Å². The predicted octanol–water partition coefficient (Wildman–Crippen LogP) is 1.97. The predicted molar refractivity (Wildman–Crippen MR) is 68.4 cm³/mol. The Labute approximate surface area is 107 Å². The van der Waals surface area contributed by atoms with Crippen molar-refractivity contribution in [1.29, 1.82) is 0 Å². The molecule has 1 aromatic carbocycles. The number of hydrogen-bond acceptors (Lipinski definition) is 3. The van der Waals surface area contributed by atoms with Crippen LogP contribution < -0.4 is 4.90 Å². The van der Waals surface area contributed by atoms with Gasteiger partial charge in [0.15, 0.2) is 0 Å². The van der Waals surface area contributed by atoms with Gasteiger partial charge in [0, 0.05) is 12.1 Å². The van der Waals surface area contributed by atoms with E-state index in [1.807, 2.05) is 32.0 Å². The first-order chi connectivity index (χ1) is 8.54. The van der Waals surface area contributed by atoms with Crippen LogP contribution in [0.2, 0.25) is 0 Å². The maximum Gasteiger partial charge on any atom is 0.328 e. The standard InChI is InChI=1S/C14H17NO3/c1-9-4-5-11(8-10(9)2)15-12(14(17)18-3)6-7-13(15)16/h4-5,8,12H,6-7H2,1-3H3. The van der Waals surface area contributed by atoms with Crippen molar-refractivity contribution in [2.75, 3.05) is 12.0 Å². The van der Waals surface area contributed by atoms with Crippen molar-refractivity contribution in [3.63, 3.8) is 0 Å². The number of esters is 1. The number of hydrogen-bond donors (Lipinski definition) is 0. The maximum atomic E-state index is 11.9. The average molecular weight is 247 g/mol. The molecule has 2 rings (SSSR count). The summed E-state index contributed by atoms with van der Waals surface area (Å²) in [7, 11) is 1.35. The van der Waals surface area contributed by atoms with E-state index in [2.05, 4.69) is 0 Å². The number of nitrogens with zero attached hydrogens (tertiary/aromatic N) is 1. The fourth-order valence-corrected chi connectivity index (χ4v) is 2.24. The number of ether oxygens (including phenoxy) is 1. The summed E-state index contributed by atoms with van der Waals surface area (Å²) in [5.41, 5.74) is 3.05. The lowest BCUT2D eigenvalue weighted by atomic mass is 10.1. The van der Waals surface area contributed by atoms with Crippen molar-refractivity contribution in [1.82, 2.24) is 0 Å². The zero-order valence-corrected chi connectivity index (χ0v) is 10.9. The van der Waals surface area contributed by atoms with Gasteiger partial charge in [-0.15, -0.1) is 0 Å². The van der Waals surface area contributed by atoms with E-state index < -0.39 is 6.04 Å². The van der Waals surface area contributed by atoms with E-state index in [1.165, 1.54) is 12.7 Å². The Morgan fingerprint density at radius 2 is 2.06 bits per heavy atom. The normalized spacial score (nSPS) is 19.2. The minimum atomic E-state index is -0.482. The lowest BCUT2D eigenvalue weighted by Crippen LogP contribution is -2.39. The van der Waals surface area contributed by atoms with Crippen molar-refractivity contribution in [3.05, 3.63) is 29.3 Å². The molecule has 1 heterocycles. The average Bonchev–Trinajstić information content (AvgIpc) is 2.74. The van der Waals surface area contributed by atoms with E-state index in [0.29, 0.717) is 12.8 Å². The SMILES string of the molecule is COC(=O)C1CCC(=O)N1c1ccc(C)c(C)c1. The molecule has 1 saturated heterocycles. The Bertz CT molecular complexity index is 496. The van der Waals surface area contributed by atoms with E-state index in [1.54, 1.807) is 4.90 Å². The smallest absolute Gasteiger partial charge is 0.328 e. The van der Waals surface area contributed by atoms with Crippen molar-refractivity contribution in [3.8, 4) is 0 Å². The highest BCUT2D eigenvalue weighted by Crippen LogP contribution is 2.28. The molecule has 1 aromatic rings. The van der Waals surface area contributed by atoms with E-state index >= 15 is 0 Å². The second kappa shape index (κ2) is 4.80. The van der Waals surface area contributed by atoms with Gasteiger partial charge in [0.25, 0.3) is 0 Å². The second-order valence-corrected chi connectivity index (χ2v) is 4.61. The molecule has 1 amide bonds. The zero-order valence-electron chi connectivity index (χ0n) is 10.9. The third-order valence-corrected chi connectivity index (χ3v) is 3.45. The summed E-state index contributed by atoms with van der Waals surface area (Å²) in [6.45, 7) is 4.01. The highest BCUT2D eigenvalue weighted by molar-refractivity contribution is 6.02. The van der Waals surface area contributed by atoms with E-state index in [9.17, 15) is 9.59 Å². The molecular weight excluding hydrogens is 230 g/mol. The Kier molecular flexibility index (Phi) is 3.36. The zero-order chi connectivity index (χ0) is 13.3. The van der Waals surface area contributed by atoms with Gasteiger partial charge in [-0.1, -0.05) is 6.07 Å². The monoisotopic (exact) mass is 247 g/mol. The number of carbonyl (C=O) groups is 2. The number of anilines is 1. The minimum absolute atomic E-state index is 0.0198. The van der Waals surface area contributed by atoms with Gasteiger partial charge in [-0.2, -0.15) is 0 Å². The number of methoxy groups -OCH3 is 1. The van der Waals surface area contributed by atoms with Crippen LogP contribution in [0, 0.1) is 13.8 Å². The highest BCUT2D eigenvalue weighted by Gasteiger charge is 2.37. The molecule has 0 saturated carbocycles. The highest BCUT2D eigenvalue weighted by atomic mass is 16.5. The number of rotatable bonds is 2. The van der Waals surface area contributed by atoms with Gasteiger partial charge in [-0.05, 0) is 43.5 Å². The summed E-state index contributed by atoms with van der Waals surface area (Å²) in [5.74, 6) is -0.368. The second-order valence-electron chi connectivity index (χ2n) is 4.61. The fourth-order valence-electron chi connectivity index (χ4n) is 2.24. The Hall–Kier alpha value is -1.84. The van der Waals surface area contributed by atoms with Crippen molar-refractivity contribution >= 4 is 17.6 Å². The van der Waals surface area contributed by atoms with Gasteiger partial charge in [0.05, 0.1) is 7.11 Å². The van der Waals surface area contributed by atoms with Gasteiger partial charge < -0.3 is 4.74 Å². The van der Waals surface area contributed by atoms with Crippen LogP contribution in [-0.4, -0.2) is 25.0 Å². The molecule has 0 radical (unpaired) electrons. The van der Waals surface area contributed by atoms with Crippen LogP contribution in [0.5, 0.6) is 0 Å². The van der Waals surface area contributed by atoms with E-state index in [0.717, 1.165) is 11.3 Å². The number of benzene rings is 1. The quantitative estimate of drug-likeness (QED) is 0.751. The molecule has 0 bridgehead atoms. The lowest BCUT2D eigenvalue weighted by molar-refractivity contribution is -0.142. The molecule has 96 valence electrons. The number of aryl methyl sites for hydroxylation is 2. The van der Waals surface area contributed by atoms with Crippen LogP contribution in [0.3, 0.4) is 0 Å². The summed E-state index contributed by atoms with van der Waals surface area (Å²) in [5, 5.41) is 0. The molecule has 18 heavy (non-hydrogen) atoms. The Morgan fingerprint density at radius 1 is 1.33 bits per heavy atom. The van der Waals surface area contributed by atoms with Crippen LogP contribution >= 0.6 is 0 Å². The number of amides is 1. The maximum absolute atomic E-state index is 11.9. The third kappa shape index (κ3) is 2.10. The molecule has 1 aliphatic heterocycles. The molecule has 0 aliphatic carbocycles. The third-order valence-electron chi connectivity index (χ3n) is 3.45. The lowest BCUT2D eigenvalue weighted by Gasteiger charge is -2.23. The molecule has 4 heteroatoms. The van der Waals surface area contributed by atoms with Crippen molar-refractivity contribution in [2.24, 2.45) is 0 Å².